The van der Waals surface area contributed by atoms with E-state index in [0.29, 0.717) is 0 Å². The van der Waals surface area contributed by atoms with Gasteiger partial charge in [-0.25, -0.2) is 0 Å². The van der Waals surface area contributed by atoms with Crippen LogP contribution in [0.3, 0.4) is 0 Å². The quantitative estimate of drug-likeness (QED) is 0.346. The van der Waals surface area contributed by atoms with Crippen LogP contribution < -0.4 is 0 Å². The Morgan fingerprint density at radius 1 is 1.50 bits per heavy atom. The molecule has 0 saturated heterocycles. The van der Waals surface area contributed by atoms with Gasteiger partial charge in [0, 0.05) is 0 Å². The summed E-state index contributed by atoms with van der Waals surface area (Å²) < 4.78 is 17.9. The van der Waals surface area contributed by atoms with Crippen molar-refractivity contribution in [2.45, 2.75) is 0 Å². The van der Waals surface area contributed by atoms with Crippen LogP contribution in [0.4, 0.5) is 0 Å². The van der Waals surface area contributed by atoms with Crippen molar-refractivity contribution in [3.8, 4) is 0 Å². The van der Waals surface area contributed by atoms with Crippen LogP contribution in [0.25, 0.3) is 0 Å². The molecule has 0 spiro atoms. The third-order valence-electron chi connectivity index (χ3n) is 0. The Kier molecular flexibility index (Phi) is 1.89. The van der Waals surface area contributed by atoms with E-state index in [0.717, 1.165) is 0 Å². The van der Waals surface area contributed by atoms with Gasteiger partial charge in [0.15, 0.2) is 0 Å². The zero-order valence-electron chi connectivity index (χ0n) is 1.62. The van der Waals surface area contributed by atoms with E-state index < -0.39 is 6.37 Å². The predicted molar refractivity (Wildman–Crippen MR) is 8.29 cm³/mol. The number of rotatable bonds is 0. The van der Waals surface area contributed by atoms with Crippen LogP contribution in [0.1, 0.15) is 0 Å². The van der Waals surface area contributed by atoms with E-state index >= 15 is 0 Å². The van der Waals surface area contributed by atoms with Crippen LogP contribution in [-0.4, -0.2) is 0 Å². The molecule has 0 aliphatic heterocycles. The average Bonchev–Trinajstić information content (AvgIpc) is 0.811. The van der Waals surface area contributed by atoms with Crippen LogP contribution in [-0.2, 0) is 24.7 Å². The van der Waals surface area contributed by atoms with E-state index in [9.17, 15) is 0 Å². The van der Waals surface area contributed by atoms with Crippen molar-refractivity contribution in [3.05, 3.63) is 0 Å². The Labute approximate surface area is 31.8 Å². The van der Waals surface area contributed by atoms with Gasteiger partial charge in [0.05, 0.1) is 0 Å². The van der Waals surface area contributed by atoms with E-state index in [1.807, 2.05) is 0 Å². The van der Waals surface area contributed by atoms with Crippen molar-refractivity contribution < 1.29 is 24.7 Å². The third-order valence-corrected chi connectivity index (χ3v) is 0. The minimum atomic E-state index is -2.37. The molecule has 4 heavy (non-hydrogen) atoms. The molecule has 0 aromatic rings. The molecule has 0 bridgehead atoms. The van der Waals surface area contributed by atoms with Crippen molar-refractivity contribution in [1.29, 1.82) is 0 Å². The number of hydrogen-bond donors (Lipinski definition) is 0. The molecule has 4 heteroatoms. The normalized spacial score (nSPS) is 6.25. The van der Waals surface area contributed by atoms with Crippen molar-refractivity contribution in [3.63, 3.8) is 0 Å². The van der Waals surface area contributed by atoms with E-state index in [-0.39, 0.29) is 0 Å². The van der Waals surface area contributed by atoms with Gasteiger partial charge < -0.3 is 0 Å². The molecule has 0 aliphatic carbocycles. The minimum absolute atomic E-state index is 2.37. The van der Waals surface area contributed by atoms with Crippen LogP contribution in [0.15, 0.2) is 0 Å². The molecular formula is FeO2P. The van der Waals surface area contributed by atoms with E-state index in [1.54, 1.807) is 0 Å². The SMILES string of the molecule is O=[P](=O)[Fe]. The molecule has 0 fully saturated rings. The summed E-state index contributed by atoms with van der Waals surface area (Å²) in [6.07, 6.45) is -2.37. The third kappa shape index (κ3) is 27.7. The summed E-state index contributed by atoms with van der Waals surface area (Å²) in [6, 6.07) is 0. The summed E-state index contributed by atoms with van der Waals surface area (Å²) in [7, 11) is 0. The van der Waals surface area contributed by atoms with Crippen molar-refractivity contribution in [2.75, 3.05) is 0 Å². The van der Waals surface area contributed by atoms with Crippen molar-refractivity contribution >= 4 is 6.37 Å². The molecule has 0 atom stereocenters. The summed E-state index contributed by atoms with van der Waals surface area (Å²) in [4.78, 5) is 0. The Morgan fingerprint density at radius 3 is 1.50 bits per heavy atom. The Hall–Kier alpha value is 0.419. The summed E-state index contributed by atoms with van der Waals surface area (Å²) in [5.74, 6) is 0. The van der Waals surface area contributed by atoms with E-state index in [2.05, 4.69) is 15.6 Å². The fourth-order valence-corrected chi connectivity index (χ4v) is 0. The van der Waals surface area contributed by atoms with Crippen LogP contribution in [0.5, 0.6) is 0 Å². The molecule has 0 saturated carbocycles. The Balaban J connectivity index is 3.51. The second kappa shape index (κ2) is 1.71. The molecule has 0 amide bonds. The van der Waals surface area contributed by atoms with Crippen LogP contribution in [0.2, 0.25) is 0 Å². The summed E-state index contributed by atoms with van der Waals surface area (Å²) in [5.41, 5.74) is 0. The zero-order chi connectivity index (χ0) is 3.58. The molecule has 0 radical (unpaired) electrons. The molecule has 2 nitrogen and oxygen atoms in total. The van der Waals surface area contributed by atoms with Crippen molar-refractivity contribution in [1.82, 2.24) is 0 Å². The van der Waals surface area contributed by atoms with Gasteiger partial charge in [-0.05, 0) is 0 Å². The topological polar surface area (TPSA) is 34.1 Å². The van der Waals surface area contributed by atoms with Crippen LogP contribution in [0, 0.1) is 0 Å². The van der Waals surface area contributed by atoms with Gasteiger partial charge in [-0.15, -0.1) is 0 Å². The predicted octanol–water partition coefficient (Wildman–Crippen LogP) is 0.621. The first-order chi connectivity index (χ1) is 1.73. The van der Waals surface area contributed by atoms with Gasteiger partial charge in [-0.2, -0.15) is 0 Å². The molecular weight excluding hydrogens is 119 g/mol. The molecule has 0 unspecified atom stereocenters. The first-order valence-corrected chi connectivity index (χ1v) is 3.05. The average molecular weight is 119 g/mol. The zero-order valence-corrected chi connectivity index (χ0v) is 3.62. The molecule has 0 aromatic carbocycles. The maximum atomic E-state index is 8.93. The fraction of sp³-hybridized carbons (Fsp3) is 0. The maximum absolute atomic E-state index is 8.93. The second-order valence-electron chi connectivity index (χ2n) is 0.204. The standard InChI is InChI=1S/Fe.O2P/c;1-3-2. The summed E-state index contributed by atoms with van der Waals surface area (Å²) >= 11 is 2.59. The van der Waals surface area contributed by atoms with Gasteiger partial charge in [-0.1, -0.05) is 0 Å². The number of hydrogen-bond acceptors (Lipinski definition) is 2. The molecule has 0 rings (SSSR count). The van der Waals surface area contributed by atoms with Crippen molar-refractivity contribution in [2.24, 2.45) is 0 Å². The second-order valence-corrected chi connectivity index (χ2v) is 1.82. The van der Waals surface area contributed by atoms with Gasteiger partial charge in [0.25, 0.3) is 0 Å². The fourth-order valence-electron chi connectivity index (χ4n) is 0. The van der Waals surface area contributed by atoms with Gasteiger partial charge in [-0.3, -0.25) is 0 Å². The molecule has 0 aliphatic rings. The van der Waals surface area contributed by atoms with Crippen LogP contribution >= 0.6 is 6.37 Å². The summed E-state index contributed by atoms with van der Waals surface area (Å²) in [5, 5.41) is 0. The molecule has 25 valence electrons. The summed E-state index contributed by atoms with van der Waals surface area (Å²) in [6.45, 7) is 0. The Morgan fingerprint density at radius 2 is 1.50 bits per heavy atom. The van der Waals surface area contributed by atoms with Gasteiger partial charge in [0.2, 0.25) is 0 Å². The first kappa shape index (κ1) is 4.42. The van der Waals surface area contributed by atoms with E-state index in [1.165, 1.54) is 0 Å². The van der Waals surface area contributed by atoms with E-state index in [4.69, 9.17) is 9.13 Å². The Bertz CT molecular complexity index is 54.4. The van der Waals surface area contributed by atoms with Gasteiger partial charge in [0.1, 0.15) is 0 Å². The molecule has 0 heterocycles. The first-order valence-electron chi connectivity index (χ1n) is 0.523. The van der Waals surface area contributed by atoms with Gasteiger partial charge >= 0.3 is 31.1 Å². The monoisotopic (exact) mass is 119 g/mol. The molecule has 0 N–H and O–H groups in total. The molecule has 0 aromatic heterocycles.